The van der Waals surface area contributed by atoms with Crippen molar-refractivity contribution < 1.29 is 0 Å². The highest BCUT2D eigenvalue weighted by Crippen LogP contribution is 2.09. The van der Waals surface area contributed by atoms with Crippen LogP contribution in [-0.2, 0) is 6.42 Å². The van der Waals surface area contributed by atoms with E-state index >= 15 is 0 Å². The topological polar surface area (TPSA) is 45.8 Å². The number of benzene rings is 1. The lowest BCUT2D eigenvalue weighted by Crippen LogP contribution is -2.11. The van der Waals surface area contributed by atoms with Gasteiger partial charge in [0, 0.05) is 6.42 Å². The Morgan fingerprint density at radius 2 is 2.21 bits per heavy atom. The Balaban J connectivity index is 2.84. The number of hydrogen-bond donors (Lipinski definition) is 1. The number of nitrogens with one attached hydrogen (secondary N) is 1. The lowest BCUT2D eigenvalue weighted by molar-refractivity contribution is 0.944. The predicted octanol–water partition coefficient (Wildman–Crippen LogP) is 1.79. The lowest BCUT2D eigenvalue weighted by Gasteiger charge is -2.00. The smallest absolute Gasteiger partial charge is 0.258 e. The van der Waals surface area contributed by atoms with E-state index in [2.05, 4.69) is 9.97 Å². The van der Waals surface area contributed by atoms with Crippen molar-refractivity contribution >= 4 is 10.9 Å². The highest BCUT2D eigenvalue weighted by atomic mass is 16.1. The van der Waals surface area contributed by atoms with Gasteiger partial charge in [-0.15, -0.1) is 0 Å². The maximum Gasteiger partial charge on any atom is 0.258 e. The van der Waals surface area contributed by atoms with Gasteiger partial charge in [0.25, 0.3) is 5.56 Å². The van der Waals surface area contributed by atoms with Gasteiger partial charge in [0.15, 0.2) is 0 Å². The van der Waals surface area contributed by atoms with Gasteiger partial charge in [-0.3, -0.25) is 4.79 Å². The predicted molar refractivity (Wildman–Crippen MR) is 56.5 cm³/mol. The average molecular weight is 188 g/mol. The third-order valence-electron chi connectivity index (χ3n) is 2.25. The highest BCUT2D eigenvalue weighted by Gasteiger charge is 2.01. The summed E-state index contributed by atoms with van der Waals surface area (Å²) in [6, 6.07) is 5.67. The van der Waals surface area contributed by atoms with Gasteiger partial charge in [0.1, 0.15) is 5.82 Å². The van der Waals surface area contributed by atoms with Crippen LogP contribution in [0.5, 0.6) is 0 Å². The molecule has 3 heteroatoms. The summed E-state index contributed by atoms with van der Waals surface area (Å²) in [5.41, 5.74) is 1.86. The molecule has 0 saturated carbocycles. The van der Waals surface area contributed by atoms with Gasteiger partial charge in [-0.25, -0.2) is 4.98 Å². The van der Waals surface area contributed by atoms with E-state index < -0.39 is 0 Å². The second-order valence-electron chi connectivity index (χ2n) is 3.39. The maximum absolute atomic E-state index is 11.6. The summed E-state index contributed by atoms with van der Waals surface area (Å²) in [6.07, 6.45) is 0.749. The Morgan fingerprint density at radius 1 is 1.43 bits per heavy atom. The summed E-state index contributed by atoms with van der Waals surface area (Å²) in [5, 5.41) is 0.660. The van der Waals surface area contributed by atoms with Gasteiger partial charge in [-0.1, -0.05) is 13.0 Å². The summed E-state index contributed by atoms with van der Waals surface area (Å²) in [6.45, 7) is 3.97. The van der Waals surface area contributed by atoms with Crippen LogP contribution in [0.15, 0.2) is 23.0 Å². The normalized spacial score (nSPS) is 10.7. The van der Waals surface area contributed by atoms with Gasteiger partial charge in [0.2, 0.25) is 0 Å². The Labute approximate surface area is 81.8 Å². The molecule has 0 bridgehead atoms. The van der Waals surface area contributed by atoms with Crippen molar-refractivity contribution in [3.63, 3.8) is 0 Å². The van der Waals surface area contributed by atoms with Crippen molar-refractivity contribution in [3.05, 3.63) is 39.9 Å². The monoisotopic (exact) mass is 188 g/mol. The Morgan fingerprint density at radius 3 is 2.93 bits per heavy atom. The van der Waals surface area contributed by atoms with E-state index in [1.54, 1.807) is 0 Å². The number of hydrogen-bond acceptors (Lipinski definition) is 2. The first-order valence-electron chi connectivity index (χ1n) is 4.70. The first-order valence-corrected chi connectivity index (χ1v) is 4.70. The number of fused-ring (bicyclic) bond motifs is 1. The summed E-state index contributed by atoms with van der Waals surface area (Å²) >= 11 is 0. The standard InChI is InChI=1S/C11H12N2O/c1-3-10-12-9-6-7(2)4-5-8(9)11(14)13-10/h4-6H,3H2,1-2H3,(H,12,13,14). The summed E-state index contributed by atoms with van der Waals surface area (Å²) in [4.78, 5) is 18.7. The summed E-state index contributed by atoms with van der Waals surface area (Å²) in [7, 11) is 0. The molecule has 1 N–H and O–H groups in total. The van der Waals surface area contributed by atoms with E-state index in [-0.39, 0.29) is 5.56 Å². The van der Waals surface area contributed by atoms with E-state index in [9.17, 15) is 4.79 Å². The van der Waals surface area contributed by atoms with Crippen LogP contribution in [0.4, 0.5) is 0 Å². The lowest BCUT2D eigenvalue weighted by atomic mass is 10.2. The fourth-order valence-electron chi connectivity index (χ4n) is 1.47. The molecule has 1 aromatic carbocycles. The number of aromatic nitrogens is 2. The molecule has 0 amide bonds. The third-order valence-corrected chi connectivity index (χ3v) is 2.25. The van der Waals surface area contributed by atoms with E-state index in [1.165, 1.54) is 0 Å². The quantitative estimate of drug-likeness (QED) is 0.741. The number of nitrogens with zero attached hydrogens (tertiary/aromatic N) is 1. The number of rotatable bonds is 1. The van der Waals surface area contributed by atoms with Crippen LogP contribution in [0.1, 0.15) is 18.3 Å². The fourth-order valence-corrected chi connectivity index (χ4v) is 1.47. The summed E-state index contributed by atoms with van der Waals surface area (Å²) < 4.78 is 0. The van der Waals surface area contributed by atoms with Crippen LogP contribution in [0.2, 0.25) is 0 Å². The van der Waals surface area contributed by atoms with Crippen LogP contribution in [-0.4, -0.2) is 9.97 Å². The van der Waals surface area contributed by atoms with Crippen molar-refractivity contribution in [1.82, 2.24) is 9.97 Å². The molecule has 0 fully saturated rings. The number of aromatic amines is 1. The zero-order valence-corrected chi connectivity index (χ0v) is 8.29. The van der Waals surface area contributed by atoms with E-state index in [0.29, 0.717) is 5.39 Å². The molecular formula is C11H12N2O. The number of aryl methyl sites for hydroxylation is 2. The molecule has 0 aliphatic rings. The Hall–Kier alpha value is -1.64. The molecule has 0 unspecified atom stereocenters. The molecule has 1 aromatic heterocycles. The van der Waals surface area contributed by atoms with E-state index in [0.717, 1.165) is 23.3 Å². The van der Waals surface area contributed by atoms with Gasteiger partial charge < -0.3 is 4.98 Å². The second-order valence-corrected chi connectivity index (χ2v) is 3.39. The van der Waals surface area contributed by atoms with Crippen molar-refractivity contribution in [3.8, 4) is 0 Å². The molecule has 0 saturated heterocycles. The van der Waals surface area contributed by atoms with Gasteiger partial charge >= 0.3 is 0 Å². The molecular weight excluding hydrogens is 176 g/mol. The van der Waals surface area contributed by atoms with Gasteiger partial charge in [-0.05, 0) is 24.6 Å². The molecule has 0 atom stereocenters. The number of H-pyrrole nitrogens is 1. The molecule has 0 aliphatic heterocycles. The molecule has 0 radical (unpaired) electrons. The molecule has 72 valence electrons. The highest BCUT2D eigenvalue weighted by molar-refractivity contribution is 5.78. The minimum atomic E-state index is -0.0492. The molecule has 2 aromatic rings. The average Bonchev–Trinajstić information content (AvgIpc) is 2.16. The maximum atomic E-state index is 11.6. The second kappa shape index (κ2) is 3.25. The zero-order valence-electron chi connectivity index (χ0n) is 8.29. The van der Waals surface area contributed by atoms with Crippen molar-refractivity contribution in [2.24, 2.45) is 0 Å². The van der Waals surface area contributed by atoms with Crippen LogP contribution in [0.25, 0.3) is 10.9 Å². The Bertz CT molecular complexity index is 528. The first kappa shape index (κ1) is 8.94. The fraction of sp³-hybridized carbons (Fsp3) is 0.273. The first-order chi connectivity index (χ1) is 6.70. The zero-order chi connectivity index (χ0) is 10.1. The molecule has 3 nitrogen and oxygen atoms in total. The Kier molecular flexibility index (Phi) is 2.08. The van der Waals surface area contributed by atoms with Crippen molar-refractivity contribution in [1.29, 1.82) is 0 Å². The van der Waals surface area contributed by atoms with Gasteiger partial charge in [0.05, 0.1) is 10.9 Å². The van der Waals surface area contributed by atoms with E-state index in [4.69, 9.17) is 0 Å². The summed E-state index contributed by atoms with van der Waals surface area (Å²) in [5.74, 6) is 0.744. The van der Waals surface area contributed by atoms with E-state index in [1.807, 2.05) is 32.0 Å². The van der Waals surface area contributed by atoms with Crippen molar-refractivity contribution in [2.45, 2.75) is 20.3 Å². The van der Waals surface area contributed by atoms with Crippen LogP contribution < -0.4 is 5.56 Å². The molecule has 0 spiro atoms. The third kappa shape index (κ3) is 1.41. The van der Waals surface area contributed by atoms with Crippen LogP contribution in [0.3, 0.4) is 0 Å². The molecule has 2 rings (SSSR count). The van der Waals surface area contributed by atoms with Crippen LogP contribution in [0, 0.1) is 6.92 Å². The van der Waals surface area contributed by atoms with Crippen LogP contribution >= 0.6 is 0 Å². The SMILES string of the molecule is CCc1nc2cc(C)ccc2c(=O)[nH]1. The van der Waals surface area contributed by atoms with Gasteiger partial charge in [-0.2, -0.15) is 0 Å². The minimum Gasteiger partial charge on any atom is -0.310 e. The van der Waals surface area contributed by atoms with Crippen molar-refractivity contribution in [2.75, 3.05) is 0 Å². The minimum absolute atomic E-state index is 0.0492. The molecule has 0 aliphatic carbocycles. The molecule has 14 heavy (non-hydrogen) atoms. The molecule has 1 heterocycles. The largest absolute Gasteiger partial charge is 0.310 e.